The molecule has 5 nitrogen and oxygen atoms in total. The van der Waals surface area contributed by atoms with E-state index in [9.17, 15) is 0 Å². The van der Waals surface area contributed by atoms with Crippen LogP contribution in [0.15, 0.2) is 24.3 Å². The number of aromatic nitrogens is 4. The molecule has 0 aliphatic heterocycles. The van der Waals surface area contributed by atoms with Gasteiger partial charge < -0.3 is 5.73 Å². The summed E-state index contributed by atoms with van der Waals surface area (Å²) in [6.45, 7) is 7.43. The Hall–Kier alpha value is -1.91. The van der Waals surface area contributed by atoms with Crippen molar-refractivity contribution in [3.05, 3.63) is 24.3 Å². The normalized spacial score (nSPS) is 12.9. The average Bonchev–Trinajstić information content (AvgIpc) is 2.77. The largest absolute Gasteiger partial charge is 0.399 e. The van der Waals surface area contributed by atoms with Crippen LogP contribution in [0.1, 0.15) is 20.8 Å². The van der Waals surface area contributed by atoms with E-state index in [1.54, 1.807) is 0 Å². The highest BCUT2D eigenvalue weighted by Gasteiger charge is 2.14. The molecule has 0 saturated heterocycles. The van der Waals surface area contributed by atoms with Crippen LogP contribution in [-0.4, -0.2) is 20.2 Å². The topological polar surface area (TPSA) is 69.6 Å². The molecule has 2 aromatic rings. The average molecular weight is 245 g/mol. The van der Waals surface area contributed by atoms with Crippen molar-refractivity contribution in [2.45, 2.75) is 27.3 Å². The summed E-state index contributed by atoms with van der Waals surface area (Å²) in [6, 6.07) is 7.63. The SMILES string of the molecule is CC(C)C(C)Cn1nnnc1-c1cccc(N)c1. The van der Waals surface area contributed by atoms with E-state index in [1.165, 1.54) is 0 Å². The molecule has 0 radical (unpaired) electrons. The monoisotopic (exact) mass is 245 g/mol. The van der Waals surface area contributed by atoms with Crippen molar-refractivity contribution in [1.29, 1.82) is 0 Å². The van der Waals surface area contributed by atoms with E-state index in [-0.39, 0.29) is 0 Å². The van der Waals surface area contributed by atoms with Crippen LogP contribution in [0.3, 0.4) is 0 Å². The molecular formula is C13H19N5. The van der Waals surface area contributed by atoms with Gasteiger partial charge in [0.2, 0.25) is 0 Å². The number of nitrogens with two attached hydrogens (primary N) is 1. The summed E-state index contributed by atoms with van der Waals surface area (Å²) in [4.78, 5) is 0. The minimum atomic E-state index is 0.522. The summed E-state index contributed by atoms with van der Waals surface area (Å²) >= 11 is 0. The molecule has 1 aromatic carbocycles. The van der Waals surface area contributed by atoms with Gasteiger partial charge >= 0.3 is 0 Å². The summed E-state index contributed by atoms with van der Waals surface area (Å²) in [6.07, 6.45) is 0. The molecule has 1 aromatic heterocycles. The van der Waals surface area contributed by atoms with Gasteiger partial charge in [0, 0.05) is 17.8 Å². The third-order valence-electron chi connectivity index (χ3n) is 3.28. The van der Waals surface area contributed by atoms with Crippen LogP contribution in [0.2, 0.25) is 0 Å². The smallest absolute Gasteiger partial charge is 0.182 e. The Labute approximate surface area is 107 Å². The number of nitrogen functional groups attached to an aromatic ring is 1. The fraction of sp³-hybridized carbons (Fsp3) is 0.462. The third-order valence-corrected chi connectivity index (χ3v) is 3.28. The van der Waals surface area contributed by atoms with Gasteiger partial charge in [0.25, 0.3) is 0 Å². The summed E-state index contributed by atoms with van der Waals surface area (Å²) in [5.74, 6) is 1.89. The molecule has 0 saturated carbocycles. The molecule has 0 amide bonds. The van der Waals surface area contributed by atoms with Crippen molar-refractivity contribution in [3.63, 3.8) is 0 Å². The second-order valence-corrected chi connectivity index (χ2v) is 5.03. The van der Waals surface area contributed by atoms with Gasteiger partial charge in [-0.3, -0.25) is 0 Å². The molecule has 0 aliphatic carbocycles. The maximum atomic E-state index is 5.79. The van der Waals surface area contributed by atoms with E-state index in [0.29, 0.717) is 11.8 Å². The van der Waals surface area contributed by atoms with Crippen molar-refractivity contribution in [3.8, 4) is 11.4 Å². The van der Waals surface area contributed by atoms with E-state index in [0.717, 1.165) is 23.6 Å². The fourth-order valence-electron chi connectivity index (χ4n) is 1.70. The molecular weight excluding hydrogens is 226 g/mol. The van der Waals surface area contributed by atoms with E-state index < -0.39 is 0 Å². The molecule has 2 rings (SSSR count). The van der Waals surface area contributed by atoms with Crippen LogP contribution in [0.5, 0.6) is 0 Å². The number of nitrogens with zero attached hydrogens (tertiary/aromatic N) is 4. The lowest BCUT2D eigenvalue weighted by atomic mass is 9.98. The first-order valence-electron chi connectivity index (χ1n) is 6.20. The van der Waals surface area contributed by atoms with Gasteiger partial charge in [-0.05, 0) is 34.4 Å². The molecule has 1 atom stereocenters. The van der Waals surface area contributed by atoms with E-state index >= 15 is 0 Å². The number of tetrazole rings is 1. The van der Waals surface area contributed by atoms with Gasteiger partial charge in [-0.1, -0.05) is 32.9 Å². The number of rotatable bonds is 4. The van der Waals surface area contributed by atoms with Gasteiger partial charge in [0.15, 0.2) is 5.82 Å². The number of anilines is 1. The molecule has 18 heavy (non-hydrogen) atoms. The number of benzene rings is 1. The molecule has 96 valence electrons. The van der Waals surface area contributed by atoms with Crippen molar-refractivity contribution in [2.75, 3.05) is 5.73 Å². The molecule has 0 spiro atoms. The summed E-state index contributed by atoms with van der Waals surface area (Å²) in [5.41, 5.74) is 7.46. The highest BCUT2D eigenvalue weighted by Crippen LogP contribution is 2.20. The quantitative estimate of drug-likeness (QED) is 0.838. The second-order valence-electron chi connectivity index (χ2n) is 5.03. The summed E-state index contributed by atoms with van der Waals surface area (Å²) in [7, 11) is 0. The standard InChI is InChI=1S/C13H19N5/c1-9(2)10(3)8-18-13(15-16-17-18)11-5-4-6-12(14)7-11/h4-7,9-10H,8,14H2,1-3H3. The minimum Gasteiger partial charge on any atom is -0.399 e. The zero-order valence-electron chi connectivity index (χ0n) is 11.0. The summed E-state index contributed by atoms with van der Waals surface area (Å²) in [5, 5.41) is 11.9. The Morgan fingerprint density at radius 1 is 1.28 bits per heavy atom. The molecule has 2 N–H and O–H groups in total. The van der Waals surface area contributed by atoms with Crippen LogP contribution in [0.4, 0.5) is 5.69 Å². The maximum absolute atomic E-state index is 5.79. The Bertz CT molecular complexity index is 518. The van der Waals surface area contributed by atoms with Crippen molar-refractivity contribution >= 4 is 5.69 Å². The van der Waals surface area contributed by atoms with Crippen molar-refractivity contribution in [2.24, 2.45) is 11.8 Å². The molecule has 0 fully saturated rings. The Kier molecular flexibility index (Phi) is 3.60. The van der Waals surface area contributed by atoms with Gasteiger partial charge in [0.05, 0.1) is 0 Å². The molecule has 0 bridgehead atoms. The molecule has 5 heteroatoms. The summed E-state index contributed by atoms with van der Waals surface area (Å²) < 4.78 is 1.85. The second kappa shape index (κ2) is 5.16. The van der Waals surface area contributed by atoms with Gasteiger partial charge in [-0.2, -0.15) is 0 Å². The maximum Gasteiger partial charge on any atom is 0.182 e. The number of hydrogen-bond acceptors (Lipinski definition) is 4. The van der Waals surface area contributed by atoms with Crippen LogP contribution in [0, 0.1) is 11.8 Å². The van der Waals surface area contributed by atoms with Crippen molar-refractivity contribution < 1.29 is 0 Å². The van der Waals surface area contributed by atoms with Crippen LogP contribution >= 0.6 is 0 Å². The fourth-order valence-corrected chi connectivity index (χ4v) is 1.70. The van der Waals surface area contributed by atoms with Crippen LogP contribution in [-0.2, 0) is 6.54 Å². The van der Waals surface area contributed by atoms with E-state index in [2.05, 4.69) is 36.3 Å². The predicted molar refractivity (Wildman–Crippen MR) is 71.7 cm³/mol. The minimum absolute atomic E-state index is 0.522. The Balaban J connectivity index is 2.28. The first-order chi connectivity index (χ1) is 8.58. The van der Waals surface area contributed by atoms with E-state index in [4.69, 9.17) is 5.73 Å². The lowest BCUT2D eigenvalue weighted by Crippen LogP contribution is -2.15. The predicted octanol–water partition coefficient (Wildman–Crippen LogP) is 2.21. The van der Waals surface area contributed by atoms with E-state index in [1.807, 2.05) is 28.9 Å². The van der Waals surface area contributed by atoms with Crippen LogP contribution in [0.25, 0.3) is 11.4 Å². The van der Waals surface area contributed by atoms with Gasteiger partial charge in [-0.25, -0.2) is 4.68 Å². The lowest BCUT2D eigenvalue weighted by Gasteiger charge is -2.15. The van der Waals surface area contributed by atoms with Gasteiger partial charge in [0.1, 0.15) is 0 Å². The zero-order valence-corrected chi connectivity index (χ0v) is 11.0. The first-order valence-corrected chi connectivity index (χ1v) is 6.20. The highest BCUT2D eigenvalue weighted by molar-refractivity contribution is 5.60. The Morgan fingerprint density at radius 3 is 2.72 bits per heavy atom. The molecule has 1 heterocycles. The van der Waals surface area contributed by atoms with Crippen LogP contribution < -0.4 is 5.73 Å². The third kappa shape index (κ3) is 2.67. The van der Waals surface area contributed by atoms with Gasteiger partial charge in [-0.15, -0.1) is 5.10 Å². The highest BCUT2D eigenvalue weighted by atomic mass is 15.5. The first kappa shape index (κ1) is 12.5. The lowest BCUT2D eigenvalue weighted by molar-refractivity contribution is 0.347. The number of hydrogen-bond donors (Lipinski definition) is 1. The zero-order chi connectivity index (χ0) is 13.1. The molecule has 0 aliphatic rings. The van der Waals surface area contributed by atoms with Crippen molar-refractivity contribution in [1.82, 2.24) is 20.2 Å². The molecule has 1 unspecified atom stereocenters. The Morgan fingerprint density at radius 2 is 2.06 bits per heavy atom.